The number of nitrogens with zero attached hydrogens (tertiary/aromatic N) is 1. The van der Waals surface area contributed by atoms with E-state index in [9.17, 15) is 0 Å². The lowest BCUT2D eigenvalue weighted by Crippen LogP contribution is -2.17. The zero-order chi connectivity index (χ0) is 10.3. The summed E-state index contributed by atoms with van der Waals surface area (Å²) < 4.78 is 0. The first-order valence-corrected chi connectivity index (χ1v) is 5.48. The molecule has 1 nitrogen and oxygen atoms in total. The van der Waals surface area contributed by atoms with Crippen LogP contribution in [-0.2, 0) is 18.3 Å². The Bertz CT molecular complexity index is 358. The fourth-order valence-electron chi connectivity index (χ4n) is 2.40. The third kappa shape index (κ3) is 1.45. The SMILES string of the molecule is Cc1cnc(C(C)(C)C)c2c1CCC2. The molecule has 14 heavy (non-hydrogen) atoms. The maximum atomic E-state index is 4.62. The highest BCUT2D eigenvalue weighted by molar-refractivity contribution is 5.41. The van der Waals surface area contributed by atoms with Crippen molar-refractivity contribution >= 4 is 0 Å². The molecule has 0 saturated heterocycles. The van der Waals surface area contributed by atoms with Gasteiger partial charge in [0.15, 0.2) is 0 Å². The molecule has 1 heterocycles. The molecule has 1 aromatic rings. The quantitative estimate of drug-likeness (QED) is 0.611. The first-order valence-electron chi connectivity index (χ1n) is 5.48. The maximum absolute atomic E-state index is 4.62. The molecule has 0 aliphatic heterocycles. The van der Waals surface area contributed by atoms with Gasteiger partial charge in [0.1, 0.15) is 0 Å². The third-order valence-corrected chi connectivity index (χ3v) is 3.08. The molecule has 76 valence electrons. The summed E-state index contributed by atoms with van der Waals surface area (Å²) in [6.07, 6.45) is 5.85. The lowest BCUT2D eigenvalue weighted by atomic mass is 9.86. The van der Waals surface area contributed by atoms with Gasteiger partial charge in [0.25, 0.3) is 0 Å². The van der Waals surface area contributed by atoms with E-state index in [0.29, 0.717) is 0 Å². The Kier molecular flexibility index (Phi) is 2.13. The number of hydrogen-bond donors (Lipinski definition) is 0. The summed E-state index contributed by atoms with van der Waals surface area (Å²) in [6, 6.07) is 0. The minimum atomic E-state index is 0.197. The average Bonchev–Trinajstić information content (AvgIpc) is 2.50. The van der Waals surface area contributed by atoms with Crippen molar-refractivity contribution in [1.29, 1.82) is 0 Å². The van der Waals surface area contributed by atoms with Crippen molar-refractivity contribution in [3.05, 3.63) is 28.6 Å². The molecule has 1 aromatic heterocycles. The summed E-state index contributed by atoms with van der Waals surface area (Å²) in [7, 11) is 0. The van der Waals surface area contributed by atoms with E-state index in [-0.39, 0.29) is 5.41 Å². The van der Waals surface area contributed by atoms with E-state index >= 15 is 0 Å². The number of aryl methyl sites for hydroxylation is 1. The molecular weight excluding hydrogens is 170 g/mol. The lowest BCUT2D eigenvalue weighted by Gasteiger charge is -2.22. The maximum Gasteiger partial charge on any atom is 0.0491 e. The summed E-state index contributed by atoms with van der Waals surface area (Å²) in [5.74, 6) is 0. The Morgan fingerprint density at radius 2 is 1.79 bits per heavy atom. The molecule has 0 N–H and O–H groups in total. The van der Waals surface area contributed by atoms with Gasteiger partial charge in [-0.1, -0.05) is 20.8 Å². The number of aromatic nitrogens is 1. The average molecular weight is 189 g/mol. The van der Waals surface area contributed by atoms with Gasteiger partial charge in [-0.2, -0.15) is 0 Å². The normalized spacial score (nSPS) is 15.7. The van der Waals surface area contributed by atoms with E-state index in [1.54, 1.807) is 5.56 Å². The van der Waals surface area contributed by atoms with Crippen LogP contribution >= 0.6 is 0 Å². The zero-order valence-corrected chi connectivity index (χ0v) is 9.65. The molecule has 0 aromatic carbocycles. The van der Waals surface area contributed by atoms with Gasteiger partial charge in [0, 0.05) is 17.3 Å². The van der Waals surface area contributed by atoms with E-state index in [0.717, 1.165) is 0 Å². The molecule has 0 atom stereocenters. The van der Waals surface area contributed by atoms with E-state index in [1.165, 1.54) is 36.1 Å². The minimum absolute atomic E-state index is 0.197. The van der Waals surface area contributed by atoms with Crippen molar-refractivity contribution in [2.75, 3.05) is 0 Å². The van der Waals surface area contributed by atoms with Crippen LogP contribution in [0, 0.1) is 6.92 Å². The van der Waals surface area contributed by atoms with Crippen molar-refractivity contribution in [1.82, 2.24) is 4.98 Å². The van der Waals surface area contributed by atoms with Crippen LogP contribution in [0.3, 0.4) is 0 Å². The third-order valence-electron chi connectivity index (χ3n) is 3.08. The summed E-state index contributed by atoms with van der Waals surface area (Å²) in [4.78, 5) is 4.62. The van der Waals surface area contributed by atoms with Crippen molar-refractivity contribution in [2.45, 2.75) is 52.4 Å². The predicted octanol–water partition coefficient (Wildman–Crippen LogP) is 3.18. The molecule has 0 fully saturated rings. The van der Waals surface area contributed by atoms with Gasteiger partial charge in [-0.25, -0.2) is 0 Å². The van der Waals surface area contributed by atoms with Gasteiger partial charge in [0.2, 0.25) is 0 Å². The second-order valence-corrected chi connectivity index (χ2v) is 5.35. The molecule has 0 saturated carbocycles. The first kappa shape index (κ1) is 9.70. The fourth-order valence-corrected chi connectivity index (χ4v) is 2.40. The molecule has 0 unspecified atom stereocenters. The molecule has 1 heteroatoms. The summed E-state index contributed by atoms with van der Waals surface area (Å²) >= 11 is 0. The Hall–Kier alpha value is -0.850. The number of rotatable bonds is 0. The predicted molar refractivity (Wildman–Crippen MR) is 59.7 cm³/mol. The topological polar surface area (TPSA) is 12.9 Å². The van der Waals surface area contributed by atoms with Gasteiger partial charge in [-0.3, -0.25) is 4.98 Å². The van der Waals surface area contributed by atoms with Crippen molar-refractivity contribution in [3.8, 4) is 0 Å². The van der Waals surface area contributed by atoms with Crippen LogP contribution < -0.4 is 0 Å². The number of pyridine rings is 1. The number of hydrogen-bond acceptors (Lipinski definition) is 1. The highest BCUT2D eigenvalue weighted by atomic mass is 14.7. The lowest BCUT2D eigenvalue weighted by molar-refractivity contribution is 0.561. The van der Waals surface area contributed by atoms with Crippen LogP contribution in [0.1, 0.15) is 49.6 Å². The second kappa shape index (κ2) is 3.08. The Morgan fingerprint density at radius 3 is 2.43 bits per heavy atom. The van der Waals surface area contributed by atoms with Crippen LogP contribution in [-0.4, -0.2) is 4.98 Å². The summed E-state index contributed by atoms with van der Waals surface area (Å²) in [5.41, 5.74) is 6.01. The van der Waals surface area contributed by atoms with Crippen LogP contribution in [0.4, 0.5) is 0 Å². The molecule has 1 aliphatic carbocycles. The number of fused-ring (bicyclic) bond motifs is 1. The van der Waals surface area contributed by atoms with E-state index in [2.05, 4.69) is 32.7 Å². The zero-order valence-electron chi connectivity index (χ0n) is 9.65. The minimum Gasteiger partial charge on any atom is -0.260 e. The van der Waals surface area contributed by atoms with Crippen molar-refractivity contribution < 1.29 is 0 Å². The van der Waals surface area contributed by atoms with Crippen LogP contribution in [0.15, 0.2) is 6.20 Å². The van der Waals surface area contributed by atoms with Crippen LogP contribution in [0.25, 0.3) is 0 Å². The Balaban J connectivity index is 2.60. The second-order valence-electron chi connectivity index (χ2n) is 5.35. The Morgan fingerprint density at radius 1 is 1.14 bits per heavy atom. The van der Waals surface area contributed by atoms with Crippen LogP contribution in [0.2, 0.25) is 0 Å². The first-order chi connectivity index (χ1) is 6.50. The fraction of sp³-hybridized carbons (Fsp3) is 0.615. The van der Waals surface area contributed by atoms with Gasteiger partial charge in [-0.05, 0) is 42.9 Å². The Labute approximate surface area is 86.6 Å². The van der Waals surface area contributed by atoms with Gasteiger partial charge in [-0.15, -0.1) is 0 Å². The van der Waals surface area contributed by atoms with Crippen molar-refractivity contribution in [3.63, 3.8) is 0 Å². The standard InChI is InChI=1S/C13H19N/c1-9-8-14-12(13(2,3)4)11-7-5-6-10(9)11/h8H,5-7H2,1-4H3. The monoisotopic (exact) mass is 189 g/mol. The molecule has 1 aliphatic rings. The highest BCUT2D eigenvalue weighted by Gasteiger charge is 2.25. The highest BCUT2D eigenvalue weighted by Crippen LogP contribution is 2.32. The molecule has 0 amide bonds. The largest absolute Gasteiger partial charge is 0.260 e. The van der Waals surface area contributed by atoms with E-state index < -0.39 is 0 Å². The van der Waals surface area contributed by atoms with Gasteiger partial charge < -0.3 is 0 Å². The van der Waals surface area contributed by atoms with Crippen molar-refractivity contribution in [2.24, 2.45) is 0 Å². The van der Waals surface area contributed by atoms with E-state index in [4.69, 9.17) is 0 Å². The van der Waals surface area contributed by atoms with Crippen LogP contribution in [0.5, 0.6) is 0 Å². The molecular formula is C13H19N. The summed E-state index contributed by atoms with van der Waals surface area (Å²) in [5, 5.41) is 0. The molecule has 0 bridgehead atoms. The van der Waals surface area contributed by atoms with Gasteiger partial charge in [0.05, 0.1) is 0 Å². The van der Waals surface area contributed by atoms with Gasteiger partial charge >= 0.3 is 0 Å². The summed E-state index contributed by atoms with van der Waals surface area (Å²) in [6.45, 7) is 8.94. The molecule has 2 rings (SSSR count). The van der Waals surface area contributed by atoms with E-state index in [1.807, 2.05) is 6.20 Å². The molecule has 0 spiro atoms. The smallest absolute Gasteiger partial charge is 0.0491 e. The molecule has 0 radical (unpaired) electrons.